The van der Waals surface area contributed by atoms with Crippen LogP contribution in [-0.2, 0) is 6.18 Å². The van der Waals surface area contributed by atoms with E-state index in [0.29, 0.717) is 0 Å². The fourth-order valence-corrected chi connectivity index (χ4v) is 2.78. The highest BCUT2D eigenvalue weighted by Gasteiger charge is 2.34. The minimum Gasteiger partial charge on any atom is -0.356 e. The number of aromatic nitrogens is 1. The van der Waals surface area contributed by atoms with Gasteiger partial charge in [-0.15, -0.1) is 0 Å². The van der Waals surface area contributed by atoms with Crippen LogP contribution in [0.5, 0.6) is 0 Å². The molecule has 0 aliphatic heterocycles. The summed E-state index contributed by atoms with van der Waals surface area (Å²) in [5, 5.41) is 9.12. The van der Waals surface area contributed by atoms with Crippen LogP contribution < -0.4 is 4.90 Å². The van der Waals surface area contributed by atoms with Crippen LogP contribution in [0.1, 0.15) is 49.8 Å². The van der Waals surface area contributed by atoms with Crippen LogP contribution >= 0.6 is 0 Å². The van der Waals surface area contributed by atoms with Gasteiger partial charge in [0.2, 0.25) is 0 Å². The maximum atomic E-state index is 12.8. The molecule has 0 saturated heterocycles. The SMILES string of the molecule is CN(c1nc(C(F)(F)F)ccc1C#N)C1CCCCCC1. The van der Waals surface area contributed by atoms with E-state index < -0.39 is 11.9 Å². The largest absolute Gasteiger partial charge is 0.433 e. The van der Waals surface area contributed by atoms with E-state index in [1.54, 1.807) is 11.9 Å². The number of nitrogens with zero attached hydrogens (tertiary/aromatic N) is 3. The summed E-state index contributed by atoms with van der Waals surface area (Å²) in [4.78, 5) is 5.45. The monoisotopic (exact) mass is 297 g/mol. The predicted molar refractivity (Wildman–Crippen MR) is 73.8 cm³/mol. The quantitative estimate of drug-likeness (QED) is 0.770. The Hall–Kier alpha value is -1.77. The van der Waals surface area contributed by atoms with Gasteiger partial charge in [0.25, 0.3) is 0 Å². The van der Waals surface area contributed by atoms with Crippen LogP contribution in [0, 0.1) is 11.3 Å². The third-order valence-corrected chi connectivity index (χ3v) is 3.99. The van der Waals surface area contributed by atoms with Gasteiger partial charge in [0.05, 0.1) is 5.56 Å². The predicted octanol–water partition coefficient (Wildman–Crippen LogP) is 4.13. The van der Waals surface area contributed by atoms with Crippen LogP contribution in [0.4, 0.5) is 19.0 Å². The number of hydrogen-bond donors (Lipinski definition) is 0. The molecule has 0 unspecified atom stereocenters. The van der Waals surface area contributed by atoms with Gasteiger partial charge in [-0.1, -0.05) is 25.7 Å². The lowest BCUT2D eigenvalue weighted by Gasteiger charge is -2.29. The average Bonchev–Trinajstić information content (AvgIpc) is 2.74. The normalized spacial score (nSPS) is 17.1. The standard InChI is InChI=1S/C15H18F3N3/c1-21(12-6-4-2-3-5-7-12)14-11(10-19)8-9-13(20-14)15(16,17)18/h8-9,12H,2-7H2,1H3. The highest BCUT2D eigenvalue weighted by molar-refractivity contribution is 5.54. The first-order valence-electron chi connectivity index (χ1n) is 7.14. The maximum absolute atomic E-state index is 12.8. The third kappa shape index (κ3) is 3.66. The van der Waals surface area contributed by atoms with Crippen molar-refractivity contribution >= 4 is 5.82 Å². The fraction of sp³-hybridized carbons (Fsp3) is 0.600. The van der Waals surface area contributed by atoms with Crippen molar-refractivity contribution in [3.05, 3.63) is 23.4 Å². The van der Waals surface area contributed by atoms with Crippen LogP contribution in [0.25, 0.3) is 0 Å². The molecule has 1 aliphatic carbocycles. The van der Waals surface area contributed by atoms with Crippen LogP contribution in [0.2, 0.25) is 0 Å². The van der Waals surface area contributed by atoms with Gasteiger partial charge in [0, 0.05) is 13.1 Å². The van der Waals surface area contributed by atoms with E-state index in [-0.39, 0.29) is 17.4 Å². The molecule has 6 heteroatoms. The molecule has 0 aromatic carbocycles. The highest BCUT2D eigenvalue weighted by Crippen LogP contribution is 2.32. The Morgan fingerprint density at radius 3 is 2.33 bits per heavy atom. The molecule has 21 heavy (non-hydrogen) atoms. The molecule has 1 heterocycles. The van der Waals surface area contributed by atoms with E-state index in [4.69, 9.17) is 5.26 Å². The molecule has 0 radical (unpaired) electrons. The Morgan fingerprint density at radius 2 is 1.81 bits per heavy atom. The molecule has 1 aliphatic rings. The zero-order chi connectivity index (χ0) is 15.5. The molecule has 0 bridgehead atoms. The summed E-state index contributed by atoms with van der Waals surface area (Å²) in [6.45, 7) is 0. The van der Waals surface area contributed by atoms with Crippen molar-refractivity contribution in [2.45, 2.75) is 50.7 Å². The average molecular weight is 297 g/mol. The Labute approximate surface area is 122 Å². The maximum Gasteiger partial charge on any atom is 0.433 e. The highest BCUT2D eigenvalue weighted by atomic mass is 19.4. The lowest BCUT2D eigenvalue weighted by Crippen LogP contribution is -2.33. The lowest BCUT2D eigenvalue weighted by atomic mass is 10.1. The van der Waals surface area contributed by atoms with E-state index >= 15 is 0 Å². The first kappa shape index (κ1) is 15.6. The molecule has 0 spiro atoms. The Bertz CT molecular complexity index is 526. The van der Waals surface area contributed by atoms with Gasteiger partial charge in [-0.25, -0.2) is 4.98 Å². The molecule has 114 valence electrons. The second-order valence-electron chi connectivity index (χ2n) is 5.43. The minimum atomic E-state index is -4.49. The summed E-state index contributed by atoms with van der Waals surface area (Å²) in [6, 6.07) is 4.16. The molecule has 0 N–H and O–H groups in total. The Kier molecular flexibility index (Phi) is 4.71. The van der Waals surface area contributed by atoms with Crippen molar-refractivity contribution in [2.75, 3.05) is 11.9 Å². The van der Waals surface area contributed by atoms with Crippen molar-refractivity contribution in [3.63, 3.8) is 0 Å². The third-order valence-electron chi connectivity index (χ3n) is 3.99. The summed E-state index contributed by atoms with van der Waals surface area (Å²) >= 11 is 0. The lowest BCUT2D eigenvalue weighted by molar-refractivity contribution is -0.141. The van der Waals surface area contributed by atoms with Gasteiger partial charge < -0.3 is 4.90 Å². The van der Waals surface area contributed by atoms with Gasteiger partial charge in [0.15, 0.2) is 0 Å². The van der Waals surface area contributed by atoms with Gasteiger partial charge in [-0.3, -0.25) is 0 Å². The number of rotatable bonds is 2. The van der Waals surface area contributed by atoms with Crippen molar-refractivity contribution in [1.29, 1.82) is 5.26 Å². The number of pyridine rings is 1. The summed E-state index contributed by atoms with van der Waals surface area (Å²) < 4.78 is 38.4. The van der Waals surface area contributed by atoms with Crippen molar-refractivity contribution in [1.82, 2.24) is 4.98 Å². The number of halogens is 3. The Morgan fingerprint density at radius 1 is 1.19 bits per heavy atom. The minimum absolute atomic E-state index is 0.138. The van der Waals surface area contributed by atoms with Crippen LogP contribution in [0.3, 0.4) is 0 Å². The molecule has 1 aromatic rings. The molecular formula is C15H18F3N3. The molecule has 1 fully saturated rings. The summed E-state index contributed by atoms with van der Waals surface area (Å²) in [6.07, 6.45) is 1.81. The van der Waals surface area contributed by atoms with Crippen molar-refractivity contribution in [2.24, 2.45) is 0 Å². The molecule has 2 rings (SSSR count). The zero-order valence-corrected chi connectivity index (χ0v) is 12.0. The van der Waals surface area contributed by atoms with Gasteiger partial charge in [-0.2, -0.15) is 18.4 Å². The number of alkyl halides is 3. The molecular weight excluding hydrogens is 279 g/mol. The van der Waals surface area contributed by atoms with E-state index in [0.717, 1.165) is 44.6 Å². The molecule has 3 nitrogen and oxygen atoms in total. The topological polar surface area (TPSA) is 39.9 Å². The molecule has 0 atom stereocenters. The van der Waals surface area contributed by atoms with Gasteiger partial charge >= 0.3 is 6.18 Å². The fourth-order valence-electron chi connectivity index (χ4n) is 2.78. The first-order valence-corrected chi connectivity index (χ1v) is 7.14. The summed E-state index contributed by atoms with van der Waals surface area (Å²) in [5.74, 6) is 0.138. The first-order chi connectivity index (χ1) is 9.93. The van der Waals surface area contributed by atoms with Gasteiger partial charge in [0.1, 0.15) is 17.6 Å². The van der Waals surface area contributed by atoms with Gasteiger partial charge in [-0.05, 0) is 25.0 Å². The smallest absolute Gasteiger partial charge is 0.356 e. The second kappa shape index (κ2) is 6.33. The second-order valence-corrected chi connectivity index (χ2v) is 5.43. The molecule has 0 amide bonds. The van der Waals surface area contributed by atoms with Crippen molar-refractivity contribution < 1.29 is 13.2 Å². The van der Waals surface area contributed by atoms with E-state index in [1.165, 1.54) is 6.07 Å². The van der Waals surface area contributed by atoms with E-state index in [1.807, 2.05) is 6.07 Å². The zero-order valence-electron chi connectivity index (χ0n) is 12.0. The number of anilines is 1. The van der Waals surface area contributed by atoms with E-state index in [9.17, 15) is 13.2 Å². The van der Waals surface area contributed by atoms with Crippen molar-refractivity contribution in [3.8, 4) is 6.07 Å². The van der Waals surface area contributed by atoms with Crippen LogP contribution in [-0.4, -0.2) is 18.1 Å². The molecule has 1 aromatic heterocycles. The van der Waals surface area contributed by atoms with Crippen LogP contribution in [0.15, 0.2) is 12.1 Å². The number of hydrogen-bond acceptors (Lipinski definition) is 3. The summed E-state index contributed by atoms with van der Waals surface area (Å²) in [5.41, 5.74) is -0.758. The summed E-state index contributed by atoms with van der Waals surface area (Å²) in [7, 11) is 1.74. The molecule has 1 saturated carbocycles. The number of nitriles is 1. The Balaban J connectivity index is 2.33. The van der Waals surface area contributed by atoms with E-state index in [2.05, 4.69) is 4.98 Å².